The minimum Gasteiger partial charge on any atom is -0.382 e. The normalized spacial score (nSPS) is 36.3. The Labute approximate surface area is 247 Å². The van der Waals surface area contributed by atoms with Gasteiger partial charge in [-0.05, 0) is 11.8 Å². The summed E-state index contributed by atoms with van der Waals surface area (Å²) in [5.41, 5.74) is 13.1. The summed E-state index contributed by atoms with van der Waals surface area (Å²) >= 11 is 5.27. The summed E-state index contributed by atoms with van der Waals surface area (Å²) in [5.74, 6) is -0.185. The van der Waals surface area contributed by atoms with Crippen molar-refractivity contribution in [1.82, 2.24) is 39.0 Å². The molecule has 3 saturated heterocycles. The molecule has 5 N–H and O–H groups in total. The third-order valence-corrected chi connectivity index (χ3v) is 9.78. The second kappa shape index (κ2) is 10.9. The summed E-state index contributed by atoms with van der Waals surface area (Å²) in [7, 11) is -2.80. The number of imidazole rings is 2. The molecule has 18 nitrogen and oxygen atoms in total. The molecule has 43 heavy (non-hydrogen) atoms. The molecule has 0 radical (unpaired) electrons. The Bertz CT molecular complexity index is 1770. The summed E-state index contributed by atoms with van der Waals surface area (Å²) in [5, 5.41) is 0. The Morgan fingerprint density at radius 1 is 0.953 bits per heavy atom. The van der Waals surface area contributed by atoms with Crippen molar-refractivity contribution in [2.45, 2.75) is 50.0 Å². The Hall–Kier alpha value is -2.90. The fraction of sp³-hybridized carbons (Fsp3) is 0.524. The highest BCUT2D eigenvalue weighted by molar-refractivity contribution is 8.07. The maximum atomic E-state index is 15.8. The minimum absolute atomic E-state index is 0.0982. The first-order valence-electron chi connectivity index (χ1n) is 12.8. The van der Waals surface area contributed by atoms with Crippen LogP contribution in [0.1, 0.15) is 19.4 Å². The molecular weight excluding hydrogens is 633 g/mol. The molecular formula is C21H24FN10O8P2S+. The van der Waals surface area contributed by atoms with Gasteiger partial charge >= 0.3 is 15.0 Å². The number of nitrogens with two attached hydrogens (primary N) is 2. The van der Waals surface area contributed by atoms with Gasteiger partial charge < -0.3 is 30.4 Å². The van der Waals surface area contributed by atoms with Crippen LogP contribution in [0.5, 0.6) is 0 Å². The van der Waals surface area contributed by atoms with Crippen molar-refractivity contribution in [1.29, 1.82) is 0 Å². The van der Waals surface area contributed by atoms with Crippen molar-refractivity contribution in [3.8, 4) is 0 Å². The SMILES string of the molecule is C[C@@H]1[C@@H]2O[P+](=O)OC[C@H]3O[C@@H](n4cnc5c(N)ncnc54)[C@H](OP(O)(=S)OC[C@H]2O[C@H]1n1cnc2c(N)ncnc21)[C@@H]3F. The van der Waals surface area contributed by atoms with Crippen LogP contribution >= 0.6 is 15.0 Å². The molecule has 3 fully saturated rings. The summed E-state index contributed by atoms with van der Waals surface area (Å²) < 4.78 is 66.4. The molecule has 0 saturated carbocycles. The van der Waals surface area contributed by atoms with Gasteiger partial charge in [-0.25, -0.2) is 34.3 Å². The number of nitrogen functional groups attached to an aromatic ring is 2. The van der Waals surface area contributed by atoms with Gasteiger partial charge in [0.25, 0.3) is 0 Å². The van der Waals surface area contributed by atoms with E-state index in [1.54, 1.807) is 11.5 Å². The van der Waals surface area contributed by atoms with Gasteiger partial charge in [0.05, 0.1) is 19.3 Å². The van der Waals surface area contributed by atoms with Crippen LogP contribution < -0.4 is 11.5 Å². The predicted octanol–water partition coefficient (Wildman–Crippen LogP) is 1.29. The number of hydrogen-bond donors (Lipinski definition) is 3. The monoisotopic (exact) mass is 657 g/mol. The molecule has 4 aromatic rings. The zero-order valence-corrected chi connectivity index (χ0v) is 24.7. The summed E-state index contributed by atoms with van der Waals surface area (Å²) in [6, 6.07) is 0. The van der Waals surface area contributed by atoms with E-state index in [9.17, 15) is 9.46 Å². The lowest BCUT2D eigenvalue weighted by molar-refractivity contribution is -0.0579. The first-order chi connectivity index (χ1) is 20.6. The lowest BCUT2D eigenvalue weighted by Crippen LogP contribution is -2.32. The first-order valence-corrected chi connectivity index (χ1v) is 16.5. The maximum absolute atomic E-state index is 15.8. The van der Waals surface area contributed by atoms with Crippen LogP contribution in [0.3, 0.4) is 0 Å². The van der Waals surface area contributed by atoms with Gasteiger partial charge in [-0.3, -0.25) is 13.7 Å². The van der Waals surface area contributed by atoms with E-state index in [0.29, 0.717) is 11.2 Å². The second-order valence-corrected chi connectivity index (χ2v) is 13.7. The average molecular weight is 657 g/mol. The van der Waals surface area contributed by atoms with Crippen LogP contribution in [0, 0.1) is 5.92 Å². The first kappa shape index (κ1) is 28.8. The smallest absolute Gasteiger partial charge is 0.382 e. The quantitative estimate of drug-likeness (QED) is 0.258. The van der Waals surface area contributed by atoms with Gasteiger partial charge in [-0.15, -0.1) is 9.05 Å². The standard InChI is InChI=1S/C21H23FN10O8P2S/c1-8-14-10(38-20(8)31-6-29-12-16(23)25-4-27-18(12)31)3-36-42(34,43)40-15-11(22)9(2-35-41(33)39-14)37-21(15)32-7-30-13-17(24)26-5-28-19(13)32/h4-11,14-15,20-21H,2-3H2,1H3,(H4-,23,24,25,26,27,28,34,43)/p+1/t8-,9-,10-,11-,14+,15-,20-,21-,42?/m1/s1. The lowest BCUT2D eigenvalue weighted by atomic mass is 10.0. The van der Waals surface area contributed by atoms with Crippen molar-refractivity contribution in [3.63, 3.8) is 0 Å². The van der Waals surface area contributed by atoms with E-state index in [1.807, 2.05) is 0 Å². The van der Waals surface area contributed by atoms with Crippen LogP contribution in [-0.4, -0.2) is 87.7 Å². The largest absolute Gasteiger partial charge is 0.697 e. The molecule has 228 valence electrons. The van der Waals surface area contributed by atoms with Crippen molar-refractivity contribution < 1.29 is 41.4 Å². The molecule has 10 atom stereocenters. The molecule has 2 unspecified atom stereocenters. The van der Waals surface area contributed by atoms with E-state index in [2.05, 4.69) is 29.9 Å². The zero-order chi connectivity index (χ0) is 30.0. The maximum Gasteiger partial charge on any atom is 0.697 e. The summed E-state index contributed by atoms with van der Waals surface area (Å²) in [6.45, 7) is -3.19. The van der Waals surface area contributed by atoms with Gasteiger partial charge in [0, 0.05) is 10.5 Å². The number of alkyl halides is 1. The topological polar surface area (TPSA) is 232 Å². The molecule has 22 heteroatoms. The fourth-order valence-corrected chi connectivity index (χ4v) is 7.65. The van der Waals surface area contributed by atoms with Gasteiger partial charge in [-0.2, -0.15) is 0 Å². The Morgan fingerprint density at radius 2 is 1.56 bits per heavy atom. The van der Waals surface area contributed by atoms with Crippen molar-refractivity contribution in [2.75, 3.05) is 24.7 Å². The average Bonchev–Trinajstić information content (AvgIpc) is 3.73. The van der Waals surface area contributed by atoms with Crippen LogP contribution in [0.4, 0.5) is 16.0 Å². The molecule has 0 aromatic carbocycles. The molecule has 7 heterocycles. The number of rotatable bonds is 2. The van der Waals surface area contributed by atoms with E-state index < -0.39 is 70.5 Å². The van der Waals surface area contributed by atoms with Crippen LogP contribution in [0.2, 0.25) is 0 Å². The number of halogens is 1. The number of fused-ring (bicyclic) bond motifs is 5. The van der Waals surface area contributed by atoms with E-state index in [-0.39, 0.29) is 29.4 Å². The molecule has 4 aromatic heterocycles. The van der Waals surface area contributed by atoms with Crippen molar-refractivity contribution in [2.24, 2.45) is 5.92 Å². The molecule has 0 spiro atoms. The lowest BCUT2D eigenvalue weighted by Gasteiger charge is -2.26. The molecule has 7 rings (SSSR count). The number of hydrogen-bond acceptors (Lipinski definition) is 16. The zero-order valence-electron chi connectivity index (χ0n) is 22.1. The number of nitrogens with zero attached hydrogens (tertiary/aromatic N) is 8. The van der Waals surface area contributed by atoms with E-state index in [1.165, 1.54) is 29.9 Å². The molecule has 0 amide bonds. The van der Waals surface area contributed by atoms with Gasteiger partial charge in [-0.1, -0.05) is 6.92 Å². The number of anilines is 2. The Kier molecular flexibility index (Phi) is 7.32. The molecule has 0 aliphatic carbocycles. The number of aromatic nitrogens is 8. The van der Waals surface area contributed by atoms with Gasteiger partial charge in [0.1, 0.15) is 54.8 Å². The van der Waals surface area contributed by atoms with E-state index in [0.717, 1.165) is 0 Å². The molecule has 3 aliphatic heterocycles. The third-order valence-electron chi connectivity index (χ3n) is 7.44. The van der Waals surface area contributed by atoms with Gasteiger partial charge in [0.2, 0.25) is 0 Å². The van der Waals surface area contributed by atoms with E-state index in [4.69, 9.17) is 50.8 Å². The van der Waals surface area contributed by atoms with Crippen LogP contribution in [-0.2, 0) is 43.9 Å². The molecule has 2 bridgehead atoms. The highest BCUT2D eigenvalue weighted by Gasteiger charge is 2.54. The van der Waals surface area contributed by atoms with Gasteiger partial charge in [0.15, 0.2) is 41.4 Å². The Balaban J connectivity index is 1.18. The number of ether oxygens (including phenoxy) is 2. The fourth-order valence-electron chi connectivity index (χ4n) is 5.39. The third kappa shape index (κ3) is 5.06. The highest BCUT2D eigenvalue weighted by Crippen LogP contribution is 2.52. The molecule has 3 aliphatic rings. The van der Waals surface area contributed by atoms with E-state index >= 15 is 4.39 Å². The summed E-state index contributed by atoms with van der Waals surface area (Å²) in [6.07, 6.45) is -3.13. The predicted molar refractivity (Wildman–Crippen MR) is 147 cm³/mol. The van der Waals surface area contributed by atoms with Crippen molar-refractivity contribution in [3.05, 3.63) is 25.3 Å². The van der Waals surface area contributed by atoms with Crippen LogP contribution in [0.15, 0.2) is 25.3 Å². The second-order valence-electron chi connectivity index (χ2n) is 10.0. The minimum atomic E-state index is -4.14. The summed E-state index contributed by atoms with van der Waals surface area (Å²) in [4.78, 5) is 35.8. The van der Waals surface area contributed by atoms with Crippen LogP contribution in [0.25, 0.3) is 22.3 Å². The highest BCUT2D eigenvalue weighted by atomic mass is 32.5. The van der Waals surface area contributed by atoms with Crippen molar-refractivity contribution >= 4 is 60.7 Å². The Morgan fingerprint density at radius 3 is 2.21 bits per heavy atom.